The van der Waals surface area contributed by atoms with Crippen molar-refractivity contribution in [1.82, 2.24) is 10.3 Å². The summed E-state index contributed by atoms with van der Waals surface area (Å²) in [6, 6.07) is 8.41. The summed E-state index contributed by atoms with van der Waals surface area (Å²) in [5, 5.41) is 6.58. The zero-order valence-corrected chi connectivity index (χ0v) is 12.2. The van der Waals surface area contributed by atoms with Crippen LogP contribution in [0.25, 0.3) is 0 Å². The second-order valence-electron chi connectivity index (χ2n) is 4.28. The molecule has 1 N–H and O–H groups in total. The van der Waals surface area contributed by atoms with E-state index >= 15 is 0 Å². The summed E-state index contributed by atoms with van der Waals surface area (Å²) < 4.78 is 5.70. The van der Waals surface area contributed by atoms with Crippen molar-refractivity contribution in [3.8, 4) is 5.75 Å². The van der Waals surface area contributed by atoms with Gasteiger partial charge in [-0.15, -0.1) is 11.3 Å². The molecule has 2 rings (SSSR count). The van der Waals surface area contributed by atoms with Crippen molar-refractivity contribution in [2.45, 2.75) is 26.3 Å². The summed E-state index contributed by atoms with van der Waals surface area (Å²) >= 11 is 1.68. The topological polar surface area (TPSA) is 34.1 Å². The van der Waals surface area contributed by atoms with Gasteiger partial charge >= 0.3 is 0 Å². The minimum Gasteiger partial charge on any atom is -0.494 e. The fraction of sp³-hybridized carbons (Fsp3) is 0.400. The summed E-state index contributed by atoms with van der Waals surface area (Å²) in [5.41, 5.74) is 1.20. The molecule has 1 heterocycles. The number of rotatable bonds is 7. The Morgan fingerprint density at radius 3 is 2.95 bits per heavy atom. The molecular weight excluding hydrogens is 256 g/mol. The lowest BCUT2D eigenvalue weighted by Gasteiger charge is -2.17. The zero-order chi connectivity index (χ0) is 13.5. The van der Waals surface area contributed by atoms with Gasteiger partial charge in [0.25, 0.3) is 0 Å². The van der Waals surface area contributed by atoms with Crippen molar-refractivity contribution >= 4 is 11.3 Å². The number of thiazole rings is 1. The smallest absolute Gasteiger partial charge is 0.119 e. The summed E-state index contributed by atoms with van der Waals surface area (Å²) in [6.45, 7) is 5.88. The monoisotopic (exact) mass is 276 g/mol. The standard InChI is InChI=1S/C15H20N2OS/c1-3-9-18-13-7-5-6-12(11-13)14(16-4-2)15-17-8-10-19-15/h5-8,10-11,14,16H,3-4,9H2,1-2H3. The van der Waals surface area contributed by atoms with Crippen LogP contribution in [-0.2, 0) is 0 Å². The van der Waals surface area contributed by atoms with Crippen LogP contribution in [0.3, 0.4) is 0 Å². The molecule has 0 saturated heterocycles. The summed E-state index contributed by atoms with van der Waals surface area (Å²) in [5.74, 6) is 0.929. The van der Waals surface area contributed by atoms with E-state index in [9.17, 15) is 0 Å². The van der Waals surface area contributed by atoms with E-state index in [1.165, 1.54) is 5.56 Å². The largest absolute Gasteiger partial charge is 0.494 e. The normalized spacial score (nSPS) is 12.3. The van der Waals surface area contributed by atoms with Gasteiger partial charge < -0.3 is 10.1 Å². The maximum atomic E-state index is 5.70. The molecule has 0 radical (unpaired) electrons. The van der Waals surface area contributed by atoms with Gasteiger partial charge in [-0.1, -0.05) is 26.0 Å². The highest BCUT2D eigenvalue weighted by Gasteiger charge is 2.15. The first-order valence-electron chi connectivity index (χ1n) is 6.70. The van der Waals surface area contributed by atoms with Crippen molar-refractivity contribution in [3.63, 3.8) is 0 Å². The van der Waals surface area contributed by atoms with Gasteiger partial charge in [-0.25, -0.2) is 4.98 Å². The van der Waals surface area contributed by atoms with Gasteiger partial charge in [0.05, 0.1) is 12.6 Å². The zero-order valence-electron chi connectivity index (χ0n) is 11.4. The van der Waals surface area contributed by atoms with Gasteiger partial charge in [0.1, 0.15) is 10.8 Å². The highest BCUT2D eigenvalue weighted by atomic mass is 32.1. The van der Waals surface area contributed by atoms with Crippen LogP contribution in [0.4, 0.5) is 0 Å². The summed E-state index contributed by atoms with van der Waals surface area (Å²) in [6.07, 6.45) is 2.87. The van der Waals surface area contributed by atoms with Gasteiger partial charge in [0.15, 0.2) is 0 Å². The molecule has 4 heteroatoms. The molecule has 0 aliphatic heterocycles. The van der Waals surface area contributed by atoms with Gasteiger partial charge in [-0.3, -0.25) is 0 Å². The quantitative estimate of drug-likeness (QED) is 0.838. The molecule has 0 saturated carbocycles. The minimum absolute atomic E-state index is 0.148. The minimum atomic E-state index is 0.148. The molecule has 19 heavy (non-hydrogen) atoms. The van der Waals surface area contributed by atoms with Crippen LogP contribution in [-0.4, -0.2) is 18.1 Å². The Labute approximate surface area is 118 Å². The van der Waals surface area contributed by atoms with Crippen LogP contribution in [0.1, 0.15) is 36.9 Å². The fourth-order valence-corrected chi connectivity index (χ4v) is 2.67. The first-order chi connectivity index (χ1) is 9.35. The highest BCUT2D eigenvalue weighted by molar-refractivity contribution is 7.09. The molecular formula is C15H20N2OS. The van der Waals surface area contributed by atoms with Crippen LogP contribution in [0, 0.1) is 0 Å². The van der Waals surface area contributed by atoms with Crippen molar-refractivity contribution in [1.29, 1.82) is 0 Å². The third kappa shape index (κ3) is 3.78. The van der Waals surface area contributed by atoms with Crippen molar-refractivity contribution in [2.24, 2.45) is 0 Å². The van der Waals surface area contributed by atoms with Gasteiger partial charge in [0.2, 0.25) is 0 Å². The number of ether oxygens (including phenoxy) is 1. The van der Waals surface area contributed by atoms with Gasteiger partial charge in [0, 0.05) is 11.6 Å². The molecule has 2 aromatic rings. The molecule has 3 nitrogen and oxygen atoms in total. The van der Waals surface area contributed by atoms with Crippen LogP contribution < -0.4 is 10.1 Å². The third-order valence-corrected chi connectivity index (χ3v) is 3.61. The number of nitrogens with zero attached hydrogens (tertiary/aromatic N) is 1. The Kier molecular flexibility index (Phi) is 5.36. The molecule has 1 unspecified atom stereocenters. The predicted octanol–water partition coefficient (Wildman–Crippen LogP) is 3.63. The maximum absolute atomic E-state index is 5.70. The summed E-state index contributed by atoms with van der Waals surface area (Å²) in [4.78, 5) is 4.42. The molecule has 0 aliphatic rings. The second kappa shape index (κ2) is 7.26. The average molecular weight is 276 g/mol. The molecule has 1 atom stereocenters. The van der Waals surface area contributed by atoms with E-state index in [0.29, 0.717) is 0 Å². The van der Waals surface area contributed by atoms with Gasteiger partial charge in [-0.05, 0) is 30.7 Å². The molecule has 0 fully saturated rings. The predicted molar refractivity (Wildman–Crippen MR) is 79.9 cm³/mol. The SMILES string of the molecule is CCCOc1cccc(C(NCC)c2nccs2)c1. The Morgan fingerprint density at radius 2 is 2.26 bits per heavy atom. The van der Waals surface area contributed by atoms with E-state index in [1.54, 1.807) is 11.3 Å². The number of hydrogen-bond donors (Lipinski definition) is 1. The van der Waals surface area contributed by atoms with Crippen LogP contribution in [0.2, 0.25) is 0 Å². The van der Waals surface area contributed by atoms with Crippen molar-refractivity contribution in [3.05, 3.63) is 46.4 Å². The van der Waals surface area contributed by atoms with E-state index < -0.39 is 0 Å². The number of hydrogen-bond acceptors (Lipinski definition) is 4. The lowest BCUT2D eigenvalue weighted by molar-refractivity contribution is 0.317. The molecule has 102 valence electrons. The maximum Gasteiger partial charge on any atom is 0.119 e. The fourth-order valence-electron chi connectivity index (χ4n) is 1.93. The molecule has 0 aliphatic carbocycles. The lowest BCUT2D eigenvalue weighted by atomic mass is 10.1. The van der Waals surface area contributed by atoms with Gasteiger partial charge in [-0.2, -0.15) is 0 Å². The van der Waals surface area contributed by atoms with E-state index in [-0.39, 0.29) is 6.04 Å². The van der Waals surface area contributed by atoms with Crippen molar-refractivity contribution < 1.29 is 4.74 Å². The van der Waals surface area contributed by atoms with Crippen molar-refractivity contribution in [2.75, 3.05) is 13.2 Å². The molecule has 1 aromatic heterocycles. The van der Waals surface area contributed by atoms with Crippen LogP contribution in [0.15, 0.2) is 35.8 Å². The van der Waals surface area contributed by atoms with Crippen LogP contribution >= 0.6 is 11.3 Å². The Hall–Kier alpha value is -1.39. The Bertz CT molecular complexity index is 485. The molecule has 0 amide bonds. The highest BCUT2D eigenvalue weighted by Crippen LogP contribution is 2.26. The Balaban J connectivity index is 2.21. The molecule has 0 spiro atoms. The van der Waals surface area contributed by atoms with Crippen LogP contribution in [0.5, 0.6) is 5.75 Å². The first-order valence-corrected chi connectivity index (χ1v) is 7.58. The Morgan fingerprint density at radius 1 is 1.37 bits per heavy atom. The van der Waals surface area contributed by atoms with E-state index in [4.69, 9.17) is 4.74 Å². The summed E-state index contributed by atoms with van der Waals surface area (Å²) in [7, 11) is 0. The third-order valence-electron chi connectivity index (χ3n) is 2.77. The molecule has 1 aromatic carbocycles. The van der Waals surface area contributed by atoms with E-state index in [1.807, 2.05) is 23.7 Å². The number of aromatic nitrogens is 1. The first kappa shape index (κ1) is 14.0. The van der Waals surface area contributed by atoms with E-state index in [2.05, 4.69) is 36.3 Å². The van der Waals surface area contributed by atoms with E-state index in [0.717, 1.165) is 30.3 Å². The average Bonchev–Trinajstić information content (AvgIpc) is 2.96. The number of benzene rings is 1. The second-order valence-corrected chi connectivity index (χ2v) is 5.21. The molecule has 0 bridgehead atoms. The lowest BCUT2D eigenvalue weighted by Crippen LogP contribution is -2.21. The number of nitrogens with one attached hydrogen (secondary N) is 1.